The first-order valence-electron chi connectivity index (χ1n) is 7.94. The molecule has 0 bridgehead atoms. The lowest BCUT2D eigenvalue weighted by Crippen LogP contribution is -1.88. The van der Waals surface area contributed by atoms with Crippen molar-refractivity contribution in [3.63, 3.8) is 0 Å². The fourth-order valence-corrected chi connectivity index (χ4v) is 5.36. The van der Waals surface area contributed by atoms with E-state index in [1.807, 2.05) is 0 Å². The Morgan fingerprint density at radius 2 is 1.00 bits per heavy atom. The molecule has 0 aliphatic rings. The van der Waals surface area contributed by atoms with Gasteiger partial charge < -0.3 is 0 Å². The van der Waals surface area contributed by atoms with E-state index in [9.17, 15) is 0 Å². The molecule has 2 rings (SSSR count). The second kappa shape index (κ2) is 10.9. The minimum atomic E-state index is 1.17. The summed E-state index contributed by atoms with van der Waals surface area (Å²) >= 11 is 0. The Labute approximate surface area is 133 Å². The quantitative estimate of drug-likeness (QED) is 0.397. The second-order valence-electron chi connectivity index (χ2n) is 5.36. The van der Waals surface area contributed by atoms with Gasteiger partial charge in [0.15, 0.2) is 0 Å². The van der Waals surface area contributed by atoms with E-state index in [0.29, 0.717) is 0 Å². The number of hydrogen-bond acceptors (Lipinski definition) is 0. The third-order valence-corrected chi connectivity index (χ3v) is 6.99. The smallest absolute Gasteiger partial charge is 0.0175 e. The molecule has 0 heterocycles. The first-order valence-corrected chi connectivity index (χ1v) is 10.8. The molecule has 2 heteroatoms. The molecular formula is C19H26P2. The summed E-state index contributed by atoms with van der Waals surface area (Å²) in [5.74, 6) is 1.46. The lowest BCUT2D eigenvalue weighted by Gasteiger charge is -2.04. The van der Waals surface area contributed by atoms with Gasteiger partial charge in [-0.05, 0) is 55.0 Å². The number of benzene rings is 2. The standard InChI is InChI=1S/C19H26P2/c1-3-9-18(10-4-1)13-7-15-20-17-21-16-8-14-19-11-5-2-6-12-19/h1-6,9-12,20-21H,7-8,13-17H2. The van der Waals surface area contributed by atoms with Crippen molar-refractivity contribution in [1.29, 1.82) is 0 Å². The number of aryl methyl sites for hydroxylation is 2. The van der Waals surface area contributed by atoms with E-state index < -0.39 is 0 Å². The van der Waals surface area contributed by atoms with Crippen molar-refractivity contribution in [2.24, 2.45) is 0 Å². The molecule has 112 valence electrons. The average Bonchev–Trinajstić information content (AvgIpc) is 2.55. The number of hydrogen-bond donors (Lipinski definition) is 0. The van der Waals surface area contributed by atoms with Crippen LogP contribution < -0.4 is 0 Å². The third-order valence-electron chi connectivity index (χ3n) is 3.57. The maximum absolute atomic E-state index is 2.24. The zero-order valence-corrected chi connectivity index (χ0v) is 14.7. The fourth-order valence-electron chi connectivity index (χ4n) is 2.39. The zero-order chi connectivity index (χ0) is 14.6. The van der Waals surface area contributed by atoms with Crippen LogP contribution >= 0.6 is 17.2 Å². The molecule has 0 fully saturated rings. The van der Waals surface area contributed by atoms with Crippen LogP contribution in [0, 0.1) is 0 Å². The summed E-state index contributed by atoms with van der Waals surface area (Å²) in [5.41, 5.74) is 2.99. The van der Waals surface area contributed by atoms with Crippen molar-refractivity contribution in [1.82, 2.24) is 0 Å². The van der Waals surface area contributed by atoms with Crippen molar-refractivity contribution in [3.05, 3.63) is 71.8 Å². The second-order valence-corrected chi connectivity index (χ2v) is 8.77. The minimum absolute atomic E-state index is 1.17. The van der Waals surface area contributed by atoms with Crippen LogP contribution in [0.3, 0.4) is 0 Å². The third kappa shape index (κ3) is 7.75. The van der Waals surface area contributed by atoms with Crippen molar-refractivity contribution in [2.45, 2.75) is 25.7 Å². The normalized spacial score (nSPS) is 11.8. The summed E-state index contributed by atoms with van der Waals surface area (Å²) in [6.07, 6.45) is 8.06. The Bertz CT molecular complexity index is 422. The van der Waals surface area contributed by atoms with Gasteiger partial charge in [-0.15, -0.1) is 17.2 Å². The molecule has 0 N–H and O–H groups in total. The molecule has 0 saturated carbocycles. The van der Waals surface area contributed by atoms with Crippen molar-refractivity contribution < 1.29 is 0 Å². The molecule has 0 aliphatic heterocycles. The van der Waals surface area contributed by atoms with Gasteiger partial charge in [-0.3, -0.25) is 0 Å². The predicted molar refractivity (Wildman–Crippen MR) is 101 cm³/mol. The molecular weight excluding hydrogens is 290 g/mol. The van der Waals surface area contributed by atoms with Gasteiger partial charge in [-0.25, -0.2) is 0 Å². The van der Waals surface area contributed by atoms with Crippen LogP contribution in [0.25, 0.3) is 0 Å². The highest BCUT2D eigenvalue weighted by molar-refractivity contribution is 7.56. The summed E-state index contributed by atoms with van der Waals surface area (Å²) in [7, 11) is 2.35. The molecule has 0 nitrogen and oxygen atoms in total. The van der Waals surface area contributed by atoms with Gasteiger partial charge in [0.25, 0.3) is 0 Å². The maximum atomic E-state index is 2.24. The summed E-state index contributed by atoms with van der Waals surface area (Å²) in [4.78, 5) is 0. The largest absolute Gasteiger partial charge is 0.118 e. The van der Waals surface area contributed by atoms with Gasteiger partial charge in [0, 0.05) is 0 Å². The van der Waals surface area contributed by atoms with Gasteiger partial charge >= 0.3 is 0 Å². The topological polar surface area (TPSA) is 0 Å². The molecule has 0 saturated heterocycles. The van der Waals surface area contributed by atoms with Crippen LogP contribution in [0.1, 0.15) is 24.0 Å². The van der Waals surface area contributed by atoms with E-state index in [-0.39, 0.29) is 0 Å². The van der Waals surface area contributed by atoms with Gasteiger partial charge in [-0.2, -0.15) is 0 Å². The fraction of sp³-hybridized carbons (Fsp3) is 0.368. The van der Waals surface area contributed by atoms with Gasteiger partial charge in [0.05, 0.1) is 0 Å². The van der Waals surface area contributed by atoms with E-state index in [4.69, 9.17) is 0 Å². The molecule has 2 unspecified atom stereocenters. The van der Waals surface area contributed by atoms with Gasteiger partial charge in [0.2, 0.25) is 0 Å². The molecule has 2 atom stereocenters. The van der Waals surface area contributed by atoms with Gasteiger partial charge in [-0.1, -0.05) is 60.7 Å². The van der Waals surface area contributed by atoms with Crippen LogP contribution in [0.4, 0.5) is 0 Å². The molecule has 0 aromatic heterocycles. The molecule has 21 heavy (non-hydrogen) atoms. The summed E-state index contributed by atoms with van der Waals surface area (Å²) in [6, 6.07) is 21.8. The highest BCUT2D eigenvalue weighted by atomic mass is 31.1. The Morgan fingerprint density at radius 3 is 1.43 bits per heavy atom. The minimum Gasteiger partial charge on any atom is -0.118 e. The van der Waals surface area contributed by atoms with Crippen LogP contribution in [-0.2, 0) is 12.8 Å². The Balaban J connectivity index is 1.40. The summed E-state index contributed by atoms with van der Waals surface area (Å²) in [5, 5.41) is 0. The first-order chi connectivity index (χ1) is 10.4. The van der Waals surface area contributed by atoms with Crippen molar-refractivity contribution >= 4 is 17.2 Å². The predicted octanol–water partition coefficient (Wildman–Crippen LogP) is 5.57. The number of rotatable bonds is 10. The van der Waals surface area contributed by atoms with Crippen molar-refractivity contribution in [2.75, 3.05) is 18.2 Å². The maximum Gasteiger partial charge on any atom is -0.0175 e. The van der Waals surface area contributed by atoms with E-state index in [2.05, 4.69) is 60.7 Å². The highest BCUT2D eigenvalue weighted by Gasteiger charge is 1.95. The molecule has 0 radical (unpaired) electrons. The average molecular weight is 316 g/mol. The van der Waals surface area contributed by atoms with E-state index in [1.165, 1.54) is 72.2 Å². The molecule has 2 aromatic carbocycles. The molecule has 2 aromatic rings. The van der Waals surface area contributed by atoms with E-state index >= 15 is 0 Å². The van der Waals surface area contributed by atoms with Crippen molar-refractivity contribution in [3.8, 4) is 0 Å². The zero-order valence-electron chi connectivity index (χ0n) is 12.7. The molecule has 0 amide bonds. The van der Waals surface area contributed by atoms with Crippen LogP contribution in [0.2, 0.25) is 0 Å². The Hall–Kier alpha value is -0.700. The van der Waals surface area contributed by atoms with Crippen LogP contribution in [0.15, 0.2) is 60.7 Å². The molecule has 0 aliphatic carbocycles. The SMILES string of the molecule is c1ccc(CCCPCPCCCc2ccccc2)cc1. The van der Waals surface area contributed by atoms with E-state index in [0.717, 1.165) is 0 Å². The van der Waals surface area contributed by atoms with Crippen LogP contribution in [0.5, 0.6) is 0 Å². The Morgan fingerprint density at radius 1 is 0.571 bits per heavy atom. The van der Waals surface area contributed by atoms with Crippen LogP contribution in [-0.4, -0.2) is 18.2 Å². The van der Waals surface area contributed by atoms with Gasteiger partial charge in [0.1, 0.15) is 0 Å². The Kier molecular flexibility index (Phi) is 8.69. The molecule has 0 spiro atoms. The summed E-state index contributed by atoms with van der Waals surface area (Å²) < 4.78 is 0. The monoisotopic (exact) mass is 316 g/mol. The lowest BCUT2D eigenvalue weighted by atomic mass is 10.1. The first kappa shape index (κ1) is 16.7. The lowest BCUT2D eigenvalue weighted by molar-refractivity contribution is 0.929. The van der Waals surface area contributed by atoms with E-state index in [1.54, 1.807) is 0 Å². The summed E-state index contributed by atoms with van der Waals surface area (Å²) in [6.45, 7) is 0. The highest BCUT2D eigenvalue weighted by Crippen LogP contribution is 2.25.